The van der Waals surface area contributed by atoms with E-state index in [2.05, 4.69) is 57.2 Å². The molecule has 0 radical (unpaired) electrons. The molecule has 0 fully saturated rings. The van der Waals surface area contributed by atoms with E-state index in [1.165, 1.54) is 283 Å². The van der Waals surface area contributed by atoms with Gasteiger partial charge in [0, 0.05) is 19.3 Å². The summed E-state index contributed by atoms with van der Waals surface area (Å²) in [4.78, 5) is 38.4. The van der Waals surface area contributed by atoms with Crippen LogP contribution in [0.3, 0.4) is 0 Å². The van der Waals surface area contributed by atoms with Crippen LogP contribution < -0.4 is 0 Å². The zero-order valence-electron chi connectivity index (χ0n) is 54.1. The lowest BCUT2D eigenvalue weighted by molar-refractivity contribution is -0.167. The Bertz CT molecular complexity index is 1340. The number of carbonyl (C=O) groups excluding carboxylic acids is 3. The summed E-state index contributed by atoms with van der Waals surface area (Å²) < 4.78 is 17.0. The molecule has 0 amide bonds. The van der Waals surface area contributed by atoms with Crippen molar-refractivity contribution in [3.05, 3.63) is 36.5 Å². The largest absolute Gasteiger partial charge is 0.462 e. The number of hydrogen-bond donors (Lipinski definition) is 0. The number of hydrogen-bond acceptors (Lipinski definition) is 6. The van der Waals surface area contributed by atoms with E-state index in [0.29, 0.717) is 19.3 Å². The standard InChI is InChI=1S/C74H138O6/c1-4-7-10-13-16-19-22-25-27-29-31-33-34-35-36-37-38-39-41-42-44-46-49-52-55-58-61-64-67-73(76)79-70-71(69-78-72(75)66-63-60-57-54-51-48-24-21-18-15-12-9-6-3)80-74(77)68-65-62-59-56-53-50-47-45-43-40-32-30-28-26-23-20-17-14-11-8-5-2/h23,26,30,32,43,45,71H,4-22,24-25,27-29,31,33-42,44,46-70H2,1-3H3/b26-23-,32-30-,45-43-. The first-order valence-electron chi connectivity index (χ1n) is 36.0. The second-order valence-electron chi connectivity index (χ2n) is 24.5. The lowest BCUT2D eigenvalue weighted by Crippen LogP contribution is -2.30. The highest BCUT2D eigenvalue weighted by molar-refractivity contribution is 5.71. The molecule has 0 rings (SSSR count). The highest BCUT2D eigenvalue weighted by atomic mass is 16.6. The summed E-state index contributed by atoms with van der Waals surface area (Å²) in [5.41, 5.74) is 0. The normalized spacial score (nSPS) is 12.2. The molecule has 0 aromatic carbocycles. The van der Waals surface area contributed by atoms with E-state index in [4.69, 9.17) is 14.2 Å². The maximum absolute atomic E-state index is 12.9. The van der Waals surface area contributed by atoms with Crippen molar-refractivity contribution in [2.24, 2.45) is 0 Å². The van der Waals surface area contributed by atoms with Crippen LogP contribution in [0, 0.1) is 0 Å². The Hall–Kier alpha value is -2.37. The first-order chi connectivity index (χ1) is 39.5. The molecular formula is C74H138O6. The van der Waals surface area contributed by atoms with Crippen molar-refractivity contribution in [1.82, 2.24) is 0 Å². The van der Waals surface area contributed by atoms with Gasteiger partial charge in [-0.2, -0.15) is 0 Å². The maximum Gasteiger partial charge on any atom is 0.306 e. The van der Waals surface area contributed by atoms with Crippen molar-refractivity contribution in [2.75, 3.05) is 13.2 Å². The van der Waals surface area contributed by atoms with Gasteiger partial charge in [-0.1, -0.05) is 359 Å². The minimum absolute atomic E-state index is 0.0719. The molecule has 0 saturated carbocycles. The van der Waals surface area contributed by atoms with Crippen molar-refractivity contribution in [3.8, 4) is 0 Å². The van der Waals surface area contributed by atoms with E-state index in [1.54, 1.807) is 0 Å². The molecule has 6 heteroatoms. The van der Waals surface area contributed by atoms with Crippen LogP contribution in [0.1, 0.15) is 400 Å². The zero-order chi connectivity index (χ0) is 57.8. The molecule has 1 unspecified atom stereocenters. The molecule has 0 N–H and O–H groups in total. The van der Waals surface area contributed by atoms with Gasteiger partial charge in [-0.05, 0) is 57.8 Å². The van der Waals surface area contributed by atoms with Crippen LogP contribution in [-0.2, 0) is 28.6 Å². The molecule has 0 aliphatic rings. The van der Waals surface area contributed by atoms with Crippen LogP contribution in [0.2, 0.25) is 0 Å². The smallest absolute Gasteiger partial charge is 0.306 e. The van der Waals surface area contributed by atoms with Gasteiger partial charge < -0.3 is 14.2 Å². The van der Waals surface area contributed by atoms with Gasteiger partial charge in [0.1, 0.15) is 13.2 Å². The van der Waals surface area contributed by atoms with E-state index in [9.17, 15) is 14.4 Å². The number of ether oxygens (including phenoxy) is 3. The number of unbranched alkanes of at least 4 members (excludes halogenated alkanes) is 50. The molecule has 470 valence electrons. The Balaban J connectivity index is 4.21. The summed E-state index contributed by atoms with van der Waals surface area (Å²) in [6, 6.07) is 0. The Morgan fingerprint density at radius 1 is 0.250 bits per heavy atom. The summed E-state index contributed by atoms with van der Waals surface area (Å²) in [7, 11) is 0. The van der Waals surface area contributed by atoms with Crippen LogP contribution in [0.4, 0.5) is 0 Å². The fraction of sp³-hybridized carbons (Fsp3) is 0.878. The minimum Gasteiger partial charge on any atom is -0.462 e. The fourth-order valence-electron chi connectivity index (χ4n) is 11.0. The predicted octanol–water partition coefficient (Wildman–Crippen LogP) is 24.7. The second kappa shape index (κ2) is 69.1. The molecule has 0 aromatic heterocycles. The minimum atomic E-state index is -0.777. The molecular weight excluding hydrogens is 985 g/mol. The summed E-state index contributed by atoms with van der Waals surface area (Å²) in [6.45, 7) is 6.69. The quantitative estimate of drug-likeness (QED) is 0.0261. The van der Waals surface area contributed by atoms with Gasteiger partial charge in [-0.3, -0.25) is 14.4 Å². The monoisotopic (exact) mass is 1120 g/mol. The molecule has 6 nitrogen and oxygen atoms in total. The molecule has 0 heterocycles. The average Bonchev–Trinajstić information content (AvgIpc) is 3.46. The van der Waals surface area contributed by atoms with Crippen molar-refractivity contribution >= 4 is 17.9 Å². The van der Waals surface area contributed by atoms with E-state index in [-0.39, 0.29) is 31.1 Å². The Morgan fingerprint density at radius 3 is 0.700 bits per heavy atom. The first-order valence-corrected chi connectivity index (χ1v) is 36.0. The van der Waals surface area contributed by atoms with Crippen molar-refractivity contribution in [3.63, 3.8) is 0 Å². The van der Waals surface area contributed by atoms with Gasteiger partial charge in [0.05, 0.1) is 0 Å². The van der Waals surface area contributed by atoms with Gasteiger partial charge in [0.15, 0.2) is 6.10 Å². The Kier molecular flexibility index (Phi) is 67.1. The van der Waals surface area contributed by atoms with Crippen LogP contribution in [0.25, 0.3) is 0 Å². The van der Waals surface area contributed by atoms with Crippen LogP contribution >= 0.6 is 0 Å². The topological polar surface area (TPSA) is 78.9 Å². The molecule has 0 spiro atoms. The second-order valence-corrected chi connectivity index (χ2v) is 24.5. The molecule has 0 aliphatic carbocycles. The molecule has 0 saturated heterocycles. The Labute approximate surface area is 499 Å². The Morgan fingerprint density at radius 2 is 0.450 bits per heavy atom. The number of rotatable bonds is 67. The zero-order valence-corrected chi connectivity index (χ0v) is 54.1. The van der Waals surface area contributed by atoms with Crippen LogP contribution in [0.5, 0.6) is 0 Å². The fourth-order valence-corrected chi connectivity index (χ4v) is 11.0. The molecule has 0 bridgehead atoms. The third-order valence-corrected chi connectivity index (χ3v) is 16.4. The number of allylic oxidation sites excluding steroid dienone is 6. The maximum atomic E-state index is 12.9. The lowest BCUT2D eigenvalue weighted by atomic mass is 10.0. The highest BCUT2D eigenvalue weighted by Gasteiger charge is 2.19. The summed E-state index contributed by atoms with van der Waals surface area (Å²) >= 11 is 0. The van der Waals surface area contributed by atoms with Crippen LogP contribution in [-0.4, -0.2) is 37.2 Å². The highest BCUT2D eigenvalue weighted by Crippen LogP contribution is 2.19. The third kappa shape index (κ3) is 66.4. The van der Waals surface area contributed by atoms with Crippen molar-refractivity contribution in [1.29, 1.82) is 0 Å². The summed E-state index contributed by atoms with van der Waals surface area (Å²) in [6.07, 6.45) is 86.1. The third-order valence-electron chi connectivity index (χ3n) is 16.4. The van der Waals surface area contributed by atoms with Gasteiger partial charge in [-0.25, -0.2) is 0 Å². The van der Waals surface area contributed by atoms with Gasteiger partial charge >= 0.3 is 17.9 Å². The molecule has 0 aliphatic heterocycles. The van der Waals surface area contributed by atoms with E-state index >= 15 is 0 Å². The number of carbonyl (C=O) groups is 3. The molecule has 1 atom stereocenters. The summed E-state index contributed by atoms with van der Waals surface area (Å²) in [5, 5.41) is 0. The van der Waals surface area contributed by atoms with Gasteiger partial charge in [0.25, 0.3) is 0 Å². The first kappa shape index (κ1) is 77.6. The van der Waals surface area contributed by atoms with E-state index < -0.39 is 6.10 Å². The average molecular weight is 1120 g/mol. The SMILES string of the molecule is CCCCCCC/C=C\C/C=C\C/C=C\CCCCCCCCC(=O)OC(COC(=O)CCCCCCCCCCCCCCC)COC(=O)CCCCCCCCCCCCCCCCCCCCCCCCCCCCCC. The van der Waals surface area contributed by atoms with Crippen molar-refractivity contribution < 1.29 is 28.6 Å². The molecule has 80 heavy (non-hydrogen) atoms. The summed E-state index contributed by atoms with van der Waals surface area (Å²) in [5.74, 6) is -0.855. The van der Waals surface area contributed by atoms with Crippen LogP contribution in [0.15, 0.2) is 36.5 Å². The predicted molar refractivity (Wildman–Crippen MR) is 349 cm³/mol. The van der Waals surface area contributed by atoms with E-state index in [1.807, 2.05) is 0 Å². The van der Waals surface area contributed by atoms with Crippen molar-refractivity contribution in [2.45, 2.75) is 406 Å². The number of esters is 3. The van der Waals surface area contributed by atoms with Gasteiger partial charge in [-0.15, -0.1) is 0 Å². The molecule has 0 aromatic rings. The van der Waals surface area contributed by atoms with Gasteiger partial charge in [0.2, 0.25) is 0 Å². The van der Waals surface area contributed by atoms with E-state index in [0.717, 1.165) is 77.0 Å². The lowest BCUT2D eigenvalue weighted by Gasteiger charge is -2.18.